The monoisotopic (exact) mass is 754 g/mol. The molecule has 1 saturated heterocycles. The van der Waals surface area contributed by atoms with E-state index in [1.165, 1.54) is 135 Å². The van der Waals surface area contributed by atoms with Crippen molar-refractivity contribution in [1.82, 2.24) is 5.32 Å². The first-order valence-electron chi connectivity index (χ1n) is 22.1. The van der Waals surface area contributed by atoms with E-state index in [1.807, 2.05) is 6.08 Å². The van der Waals surface area contributed by atoms with Crippen LogP contribution in [0.25, 0.3) is 0 Å². The number of amides is 1. The quantitative estimate of drug-likeness (QED) is 0.0275. The summed E-state index contributed by atoms with van der Waals surface area (Å²) >= 11 is 0. The van der Waals surface area contributed by atoms with Crippen LogP contribution in [0.1, 0.15) is 194 Å². The lowest BCUT2D eigenvalue weighted by molar-refractivity contribution is -0.302. The maximum absolute atomic E-state index is 12.9. The van der Waals surface area contributed by atoms with Crippen molar-refractivity contribution >= 4 is 5.91 Å². The van der Waals surface area contributed by atoms with Crippen molar-refractivity contribution in [1.29, 1.82) is 0 Å². The highest BCUT2D eigenvalue weighted by Crippen LogP contribution is 2.22. The van der Waals surface area contributed by atoms with Crippen LogP contribution < -0.4 is 5.32 Å². The lowest BCUT2D eigenvalue weighted by Gasteiger charge is -2.40. The zero-order chi connectivity index (χ0) is 38.8. The first-order valence-corrected chi connectivity index (χ1v) is 22.1. The molecular weight excluding hydrogens is 670 g/mol. The average Bonchev–Trinajstić information content (AvgIpc) is 3.16. The Kier molecular flexibility index (Phi) is 32.9. The second-order valence-corrected chi connectivity index (χ2v) is 15.5. The topological polar surface area (TPSA) is 149 Å². The number of aliphatic hydroxyl groups is 5. The Balaban J connectivity index is 2.34. The molecule has 7 atom stereocenters. The Morgan fingerprint density at radius 3 is 1.58 bits per heavy atom. The summed E-state index contributed by atoms with van der Waals surface area (Å²) in [5.74, 6) is -0.186. The second kappa shape index (κ2) is 35.1. The average molecular weight is 754 g/mol. The summed E-state index contributed by atoms with van der Waals surface area (Å²) in [6.07, 6.45) is 33.7. The molecule has 0 aromatic heterocycles. The summed E-state index contributed by atoms with van der Waals surface area (Å²) < 4.78 is 11.2. The maximum Gasteiger partial charge on any atom is 0.220 e. The molecule has 312 valence electrons. The summed E-state index contributed by atoms with van der Waals surface area (Å²) in [5.41, 5.74) is 0. The highest BCUT2D eigenvalue weighted by molar-refractivity contribution is 5.76. The van der Waals surface area contributed by atoms with Crippen molar-refractivity contribution in [2.24, 2.45) is 0 Å². The number of allylic oxidation sites excluding steroid dienone is 3. The van der Waals surface area contributed by atoms with Crippen molar-refractivity contribution in [3.8, 4) is 0 Å². The molecule has 1 amide bonds. The molecule has 1 aliphatic heterocycles. The van der Waals surface area contributed by atoms with E-state index in [-0.39, 0.29) is 12.5 Å². The van der Waals surface area contributed by atoms with Crippen molar-refractivity contribution in [2.45, 2.75) is 236 Å². The highest BCUT2D eigenvalue weighted by atomic mass is 16.7. The van der Waals surface area contributed by atoms with Crippen molar-refractivity contribution < 1.29 is 39.8 Å². The fourth-order valence-electron chi connectivity index (χ4n) is 6.94. The summed E-state index contributed by atoms with van der Waals surface area (Å²) in [4.78, 5) is 12.9. The van der Waals surface area contributed by atoms with Crippen LogP contribution in [-0.2, 0) is 14.3 Å². The number of rotatable bonds is 36. The maximum atomic E-state index is 12.9. The molecule has 0 saturated carbocycles. The molecule has 0 aromatic rings. The second-order valence-electron chi connectivity index (χ2n) is 15.5. The van der Waals surface area contributed by atoms with E-state index in [2.05, 4.69) is 31.3 Å². The van der Waals surface area contributed by atoms with Crippen LogP contribution in [0.4, 0.5) is 0 Å². The third-order valence-electron chi connectivity index (χ3n) is 10.5. The molecule has 2 unspecified atom stereocenters. The summed E-state index contributed by atoms with van der Waals surface area (Å²) in [5, 5.41) is 54.0. The standard InChI is InChI=1S/C44H83NO8/c1-3-5-7-9-11-13-15-16-17-18-19-20-21-22-24-26-28-30-32-34-40(48)45-37(36-52-44-43(51)42(50)41(49)39(35-46)53-44)38(47)33-31-29-27-25-23-14-12-10-8-6-4-2/h23,25,31,33,37-39,41-44,46-47,49-51H,3-22,24,26-30,32,34-36H2,1-2H3,(H,45,48)/b25-23+,33-31+/t37-,38+,39-,41-,42?,43?,44-/m0/s1. The third-order valence-corrected chi connectivity index (χ3v) is 10.5. The lowest BCUT2D eigenvalue weighted by Crippen LogP contribution is -2.60. The molecule has 6 N–H and O–H groups in total. The van der Waals surface area contributed by atoms with Gasteiger partial charge < -0.3 is 40.3 Å². The zero-order valence-electron chi connectivity index (χ0n) is 34.0. The molecule has 1 heterocycles. The van der Waals surface area contributed by atoms with Crippen molar-refractivity contribution in [3.05, 3.63) is 24.3 Å². The van der Waals surface area contributed by atoms with Gasteiger partial charge in [0.25, 0.3) is 0 Å². The number of carbonyl (C=O) groups excluding carboxylic acids is 1. The first-order chi connectivity index (χ1) is 25.8. The minimum absolute atomic E-state index is 0.186. The Morgan fingerprint density at radius 1 is 0.623 bits per heavy atom. The molecule has 53 heavy (non-hydrogen) atoms. The normalized spacial score (nSPS) is 21.8. The van der Waals surface area contributed by atoms with E-state index in [0.29, 0.717) is 6.42 Å². The molecule has 9 heteroatoms. The summed E-state index contributed by atoms with van der Waals surface area (Å²) in [7, 11) is 0. The van der Waals surface area contributed by atoms with Crippen LogP contribution in [0.2, 0.25) is 0 Å². The summed E-state index contributed by atoms with van der Waals surface area (Å²) in [6.45, 7) is 3.73. The van der Waals surface area contributed by atoms with Crippen LogP contribution in [0.15, 0.2) is 24.3 Å². The van der Waals surface area contributed by atoms with Crippen LogP contribution in [0, 0.1) is 0 Å². The van der Waals surface area contributed by atoms with E-state index in [0.717, 1.165) is 38.5 Å². The molecule has 1 rings (SSSR count). The smallest absolute Gasteiger partial charge is 0.220 e. The third kappa shape index (κ3) is 26.2. The minimum atomic E-state index is -1.57. The predicted octanol–water partition coefficient (Wildman–Crippen LogP) is 8.72. The SMILES string of the molecule is CCCCCCC/C=C/CC/C=C/[C@@H](O)[C@H](CO[C@H]1O[C@@H](CO)[C@H](O)C(O)C1O)NC(=O)CCCCCCCCCCCCCCCCCCCCC. The van der Waals surface area contributed by atoms with Crippen LogP contribution >= 0.6 is 0 Å². The number of nitrogens with one attached hydrogen (secondary N) is 1. The predicted molar refractivity (Wildman–Crippen MR) is 217 cm³/mol. The van der Waals surface area contributed by atoms with Gasteiger partial charge in [0, 0.05) is 6.42 Å². The number of carbonyl (C=O) groups is 1. The molecule has 0 spiro atoms. The van der Waals surface area contributed by atoms with E-state index in [4.69, 9.17) is 9.47 Å². The number of ether oxygens (including phenoxy) is 2. The first kappa shape index (κ1) is 49.7. The van der Waals surface area contributed by atoms with Gasteiger partial charge in [0.05, 0.1) is 25.4 Å². The fraction of sp³-hybridized carbons (Fsp3) is 0.886. The fourth-order valence-corrected chi connectivity index (χ4v) is 6.94. The van der Waals surface area contributed by atoms with Gasteiger partial charge in [0.1, 0.15) is 24.4 Å². The molecule has 0 bridgehead atoms. The van der Waals surface area contributed by atoms with Gasteiger partial charge in [-0.25, -0.2) is 0 Å². The van der Waals surface area contributed by atoms with Crippen molar-refractivity contribution in [2.75, 3.05) is 13.2 Å². The largest absolute Gasteiger partial charge is 0.394 e. The molecule has 1 fully saturated rings. The van der Waals surface area contributed by atoms with Gasteiger partial charge in [-0.1, -0.05) is 179 Å². The van der Waals surface area contributed by atoms with Gasteiger partial charge in [0.15, 0.2) is 6.29 Å². The number of unbranched alkanes of at least 4 members (excludes halogenated alkanes) is 24. The number of hydrogen-bond donors (Lipinski definition) is 6. The Labute approximate surface area is 324 Å². The van der Waals surface area contributed by atoms with Gasteiger partial charge >= 0.3 is 0 Å². The highest BCUT2D eigenvalue weighted by Gasteiger charge is 2.44. The molecule has 1 aliphatic rings. The van der Waals surface area contributed by atoms with E-state index < -0.39 is 49.5 Å². The van der Waals surface area contributed by atoms with Crippen molar-refractivity contribution in [3.63, 3.8) is 0 Å². The minimum Gasteiger partial charge on any atom is -0.394 e. The van der Waals surface area contributed by atoms with E-state index in [9.17, 15) is 30.3 Å². The molecule has 0 aliphatic carbocycles. The number of hydrogen-bond acceptors (Lipinski definition) is 8. The molecular formula is C44H83NO8. The molecule has 0 radical (unpaired) electrons. The van der Waals surface area contributed by atoms with Gasteiger partial charge in [-0.2, -0.15) is 0 Å². The summed E-state index contributed by atoms with van der Waals surface area (Å²) in [6, 6.07) is -0.815. The Morgan fingerprint density at radius 2 is 1.08 bits per heavy atom. The zero-order valence-corrected chi connectivity index (χ0v) is 34.0. The van der Waals surface area contributed by atoms with Crippen LogP contribution in [-0.4, -0.2) is 87.5 Å². The molecule has 9 nitrogen and oxygen atoms in total. The van der Waals surface area contributed by atoms with Gasteiger partial charge in [0.2, 0.25) is 5.91 Å². The van der Waals surface area contributed by atoms with Crippen LogP contribution in [0.5, 0.6) is 0 Å². The van der Waals surface area contributed by atoms with Crippen LogP contribution in [0.3, 0.4) is 0 Å². The Hall–Kier alpha value is -1.33. The van der Waals surface area contributed by atoms with E-state index >= 15 is 0 Å². The number of aliphatic hydroxyl groups excluding tert-OH is 5. The Bertz CT molecular complexity index is 883. The van der Waals surface area contributed by atoms with Gasteiger partial charge in [-0.3, -0.25) is 4.79 Å². The van der Waals surface area contributed by atoms with Gasteiger partial charge in [-0.05, 0) is 32.1 Å². The lowest BCUT2D eigenvalue weighted by atomic mass is 9.99. The molecule has 0 aromatic carbocycles. The van der Waals surface area contributed by atoms with Gasteiger partial charge in [-0.15, -0.1) is 0 Å². The van der Waals surface area contributed by atoms with E-state index in [1.54, 1.807) is 6.08 Å².